The van der Waals surface area contributed by atoms with Crippen LogP contribution >= 0.6 is 11.6 Å². The normalized spacial score (nSPS) is 15.7. The van der Waals surface area contributed by atoms with Gasteiger partial charge in [0.05, 0.1) is 5.02 Å². The summed E-state index contributed by atoms with van der Waals surface area (Å²) in [6.45, 7) is 0.655. The van der Waals surface area contributed by atoms with Crippen molar-refractivity contribution >= 4 is 21.6 Å². The maximum atomic E-state index is 12.7. The summed E-state index contributed by atoms with van der Waals surface area (Å²) >= 11 is 6.01. The zero-order valence-corrected chi connectivity index (χ0v) is 12.7. The summed E-state index contributed by atoms with van der Waals surface area (Å²) in [5.74, 6) is 0.144. The minimum Gasteiger partial charge on any atom is -0.508 e. The molecule has 21 heavy (non-hydrogen) atoms. The number of rotatable bonds is 2. The van der Waals surface area contributed by atoms with Crippen molar-refractivity contribution in [1.82, 2.24) is 4.31 Å². The predicted molar refractivity (Wildman–Crippen MR) is 80.9 cm³/mol. The molecule has 0 aromatic heterocycles. The second kappa shape index (κ2) is 5.33. The van der Waals surface area contributed by atoms with Gasteiger partial charge in [0.15, 0.2) is 0 Å². The van der Waals surface area contributed by atoms with Crippen LogP contribution in [0.15, 0.2) is 47.4 Å². The minimum atomic E-state index is -3.63. The first kappa shape index (κ1) is 14.4. The highest BCUT2D eigenvalue weighted by atomic mass is 35.5. The first-order chi connectivity index (χ1) is 9.98. The van der Waals surface area contributed by atoms with Gasteiger partial charge in [0.2, 0.25) is 10.0 Å². The lowest BCUT2D eigenvalue weighted by atomic mass is 10.0. The molecule has 0 spiro atoms. The van der Waals surface area contributed by atoms with E-state index in [-0.39, 0.29) is 22.2 Å². The Labute approximate surface area is 128 Å². The van der Waals surface area contributed by atoms with Crippen molar-refractivity contribution in [3.8, 4) is 5.75 Å². The van der Waals surface area contributed by atoms with Gasteiger partial charge in [0.25, 0.3) is 0 Å². The van der Waals surface area contributed by atoms with E-state index in [0.717, 1.165) is 11.1 Å². The van der Waals surface area contributed by atoms with Crippen LogP contribution in [0.4, 0.5) is 0 Å². The average molecular weight is 324 g/mol. The van der Waals surface area contributed by atoms with Crippen LogP contribution < -0.4 is 0 Å². The summed E-state index contributed by atoms with van der Waals surface area (Å²) < 4.78 is 26.8. The summed E-state index contributed by atoms with van der Waals surface area (Å²) in [5, 5.41) is 9.77. The summed E-state index contributed by atoms with van der Waals surface area (Å²) in [6.07, 6.45) is 0.624. The molecule has 110 valence electrons. The van der Waals surface area contributed by atoms with E-state index in [1.165, 1.54) is 10.4 Å². The molecule has 0 unspecified atom stereocenters. The first-order valence-electron chi connectivity index (χ1n) is 6.54. The fraction of sp³-hybridized carbons (Fsp3) is 0.200. The molecule has 0 atom stereocenters. The molecule has 1 aliphatic rings. The van der Waals surface area contributed by atoms with Crippen LogP contribution in [0.2, 0.25) is 5.02 Å². The highest BCUT2D eigenvalue weighted by Crippen LogP contribution is 2.29. The quantitative estimate of drug-likeness (QED) is 0.924. The van der Waals surface area contributed by atoms with E-state index in [4.69, 9.17) is 11.6 Å². The van der Waals surface area contributed by atoms with E-state index in [2.05, 4.69) is 0 Å². The molecule has 0 radical (unpaired) electrons. The van der Waals surface area contributed by atoms with Gasteiger partial charge < -0.3 is 5.11 Å². The van der Waals surface area contributed by atoms with Crippen molar-refractivity contribution in [3.63, 3.8) is 0 Å². The molecule has 2 aromatic carbocycles. The Morgan fingerprint density at radius 1 is 1.10 bits per heavy atom. The second-order valence-electron chi connectivity index (χ2n) is 4.97. The van der Waals surface area contributed by atoms with Gasteiger partial charge in [-0.2, -0.15) is 4.31 Å². The molecule has 4 nitrogen and oxygen atoms in total. The van der Waals surface area contributed by atoms with Gasteiger partial charge in [-0.15, -0.1) is 0 Å². The first-order valence-corrected chi connectivity index (χ1v) is 8.36. The van der Waals surface area contributed by atoms with E-state index < -0.39 is 10.0 Å². The topological polar surface area (TPSA) is 57.6 Å². The average Bonchev–Trinajstić information content (AvgIpc) is 2.46. The molecule has 0 fully saturated rings. The lowest BCUT2D eigenvalue weighted by molar-refractivity contribution is 0.389. The fourth-order valence-electron chi connectivity index (χ4n) is 2.52. The van der Waals surface area contributed by atoms with Crippen LogP contribution in [-0.4, -0.2) is 24.4 Å². The maximum Gasteiger partial charge on any atom is 0.244 e. The Balaban J connectivity index is 1.97. The lowest BCUT2D eigenvalue weighted by Crippen LogP contribution is -2.36. The Bertz CT molecular complexity index is 789. The number of aromatic hydroxyl groups is 1. The largest absolute Gasteiger partial charge is 0.508 e. The molecule has 0 aliphatic carbocycles. The van der Waals surface area contributed by atoms with Crippen molar-refractivity contribution < 1.29 is 13.5 Å². The molecule has 3 rings (SSSR count). The third-order valence-corrected chi connectivity index (χ3v) is 5.97. The van der Waals surface area contributed by atoms with Gasteiger partial charge in [-0.05, 0) is 41.8 Å². The Morgan fingerprint density at radius 2 is 1.86 bits per heavy atom. The van der Waals surface area contributed by atoms with Crippen LogP contribution in [0.3, 0.4) is 0 Å². The van der Waals surface area contributed by atoms with Crippen molar-refractivity contribution in [2.45, 2.75) is 17.9 Å². The highest BCUT2D eigenvalue weighted by molar-refractivity contribution is 7.89. The smallest absolute Gasteiger partial charge is 0.244 e. The van der Waals surface area contributed by atoms with Gasteiger partial charge in [-0.1, -0.05) is 29.8 Å². The van der Waals surface area contributed by atoms with Crippen LogP contribution in [0.5, 0.6) is 5.75 Å². The lowest BCUT2D eigenvalue weighted by Gasteiger charge is -2.28. The minimum absolute atomic E-state index is 0.121. The maximum absolute atomic E-state index is 12.7. The number of phenolic OH excluding ortho intramolecular Hbond substituents is 1. The summed E-state index contributed by atoms with van der Waals surface area (Å²) in [5.41, 5.74) is 1.90. The predicted octanol–water partition coefficient (Wildman–Crippen LogP) is 2.79. The van der Waals surface area contributed by atoms with Gasteiger partial charge >= 0.3 is 0 Å². The summed E-state index contributed by atoms with van der Waals surface area (Å²) in [6, 6.07) is 11.5. The number of benzene rings is 2. The number of sulfonamides is 1. The summed E-state index contributed by atoms with van der Waals surface area (Å²) in [7, 11) is -3.63. The van der Waals surface area contributed by atoms with Crippen LogP contribution in [-0.2, 0) is 23.0 Å². The van der Waals surface area contributed by atoms with E-state index in [0.29, 0.717) is 13.0 Å². The number of halogens is 1. The molecule has 0 bridgehead atoms. The standard InChI is InChI=1S/C15H14ClNO3S/c16-14-3-1-2-4-15(14)21(19,20)17-8-7-11-5-6-13(18)9-12(11)10-17/h1-6,9,18H,7-8,10H2. The van der Waals surface area contributed by atoms with Gasteiger partial charge in [-0.25, -0.2) is 8.42 Å². The molecule has 0 amide bonds. The zero-order valence-electron chi connectivity index (χ0n) is 11.2. The third kappa shape index (κ3) is 2.64. The number of phenols is 1. The van der Waals surface area contributed by atoms with Gasteiger partial charge in [-0.3, -0.25) is 0 Å². The number of hydrogen-bond acceptors (Lipinski definition) is 3. The summed E-state index contributed by atoms with van der Waals surface area (Å²) in [4.78, 5) is 0.121. The zero-order chi connectivity index (χ0) is 15.0. The second-order valence-corrected chi connectivity index (χ2v) is 7.29. The fourth-order valence-corrected chi connectivity index (χ4v) is 4.43. The van der Waals surface area contributed by atoms with Gasteiger partial charge in [0, 0.05) is 13.1 Å². The number of fused-ring (bicyclic) bond motifs is 1. The SMILES string of the molecule is O=S(=O)(c1ccccc1Cl)N1CCc2ccc(O)cc2C1. The molecular formula is C15H14ClNO3S. The Hall–Kier alpha value is -1.56. The molecule has 2 aromatic rings. The highest BCUT2D eigenvalue weighted by Gasteiger charge is 2.29. The number of hydrogen-bond donors (Lipinski definition) is 1. The van der Waals surface area contributed by atoms with E-state index in [1.54, 1.807) is 30.3 Å². The third-order valence-electron chi connectivity index (χ3n) is 3.62. The molecule has 1 aliphatic heterocycles. The molecule has 1 N–H and O–H groups in total. The Morgan fingerprint density at radius 3 is 2.62 bits per heavy atom. The molecule has 0 saturated heterocycles. The molecule has 6 heteroatoms. The number of nitrogens with zero attached hydrogens (tertiary/aromatic N) is 1. The van der Waals surface area contributed by atoms with Crippen molar-refractivity contribution in [1.29, 1.82) is 0 Å². The van der Waals surface area contributed by atoms with Crippen molar-refractivity contribution in [2.75, 3.05) is 6.54 Å². The Kier molecular flexibility index (Phi) is 3.65. The van der Waals surface area contributed by atoms with Crippen molar-refractivity contribution in [3.05, 3.63) is 58.6 Å². The van der Waals surface area contributed by atoms with E-state index in [9.17, 15) is 13.5 Å². The van der Waals surface area contributed by atoms with E-state index in [1.807, 2.05) is 6.07 Å². The van der Waals surface area contributed by atoms with Crippen LogP contribution in [0.1, 0.15) is 11.1 Å². The molecule has 0 saturated carbocycles. The van der Waals surface area contributed by atoms with Crippen molar-refractivity contribution in [2.24, 2.45) is 0 Å². The van der Waals surface area contributed by atoms with Crippen LogP contribution in [0.25, 0.3) is 0 Å². The monoisotopic (exact) mass is 323 g/mol. The molecule has 1 heterocycles. The molecular weight excluding hydrogens is 310 g/mol. The van der Waals surface area contributed by atoms with Crippen LogP contribution in [0, 0.1) is 0 Å². The van der Waals surface area contributed by atoms with Gasteiger partial charge in [0.1, 0.15) is 10.6 Å². The van der Waals surface area contributed by atoms with E-state index >= 15 is 0 Å².